The predicted octanol–water partition coefficient (Wildman–Crippen LogP) is 5.60. The maximum Gasteiger partial charge on any atom is 0.408 e. The highest BCUT2D eigenvalue weighted by molar-refractivity contribution is 14.1. The van der Waals surface area contributed by atoms with E-state index in [0.29, 0.717) is 16.9 Å². The van der Waals surface area contributed by atoms with E-state index in [-0.39, 0.29) is 6.61 Å². The molecule has 1 N–H and O–H groups in total. The number of carbonyl (C=O) groups is 1. The van der Waals surface area contributed by atoms with Crippen LogP contribution in [0.2, 0.25) is 0 Å². The van der Waals surface area contributed by atoms with Crippen molar-refractivity contribution in [2.45, 2.75) is 16.3 Å². The quantitative estimate of drug-likeness (QED) is 0.336. The number of carbonyl (C=O) groups excluding carboxylic acids is 1. The van der Waals surface area contributed by atoms with E-state index in [9.17, 15) is 4.79 Å². The Bertz CT molecular complexity index is 937. The van der Waals surface area contributed by atoms with Crippen molar-refractivity contribution in [1.29, 1.82) is 0 Å². The third-order valence-electron chi connectivity index (χ3n) is 4.59. The van der Waals surface area contributed by atoms with E-state index in [0.717, 1.165) is 5.56 Å². The van der Waals surface area contributed by atoms with E-state index in [1.54, 1.807) is 78.2 Å². The first kappa shape index (κ1) is 21.1. The minimum Gasteiger partial charge on any atom is -0.497 e. The second-order valence-electron chi connectivity index (χ2n) is 6.39. The van der Waals surface area contributed by atoms with Crippen LogP contribution in [0.1, 0.15) is 16.7 Å². The Balaban J connectivity index is 1.96. The molecule has 3 aromatic carbocycles. The van der Waals surface area contributed by atoms with E-state index in [4.69, 9.17) is 9.47 Å². The van der Waals surface area contributed by atoms with Gasteiger partial charge in [0.25, 0.3) is 0 Å². The van der Waals surface area contributed by atoms with Gasteiger partial charge in [-0.2, -0.15) is 0 Å². The average Bonchev–Trinajstić information content (AvgIpc) is 2.77. The van der Waals surface area contributed by atoms with Crippen LogP contribution in [0.5, 0.6) is 5.75 Å². The molecule has 0 aromatic heterocycles. The van der Waals surface area contributed by atoms with E-state index < -0.39 is 15.8 Å². The van der Waals surface area contributed by atoms with Crippen molar-refractivity contribution < 1.29 is 18.7 Å². The fourth-order valence-corrected chi connectivity index (χ4v) is 3.98. The summed E-state index contributed by atoms with van der Waals surface area (Å²) in [6, 6.07) is 25.4. The van der Waals surface area contributed by atoms with Crippen molar-refractivity contribution in [3.05, 3.63) is 102 Å². The number of benzene rings is 3. The third-order valence-corrected chi connectivity index (χ3v) is 5.53. The summed E-state index contributed by atoms with van der Waals surface area (Å²) in [4.78, 5) is 12.7. The molecule has 1 amide bonds. The molecule has 2 unspecified atom stereocenters. The number of rotatable bonds is 7. The van der Waals surface area contributed by atoms with Gasteiger partial charge in [-0.05, 0) is 51.4 Å². The summed E-state index contributed by atoms with van der Waals surface area (Å²) in [6.07, 6.45) is -0.708. The third kappa shape index (κ3) is 4.87. The smallest absolute Gasteiger partial charge is 0.408 e. The largest absolute Gasteiger partial charge is 0.497 e. The fourth-order valence-electron chi connectivity index (χ4n) is 3.11. The molecule has 3 aromatic rings. The molecule has 0 fully saturated rings. The molecule has 0 aliphatic heterocycles. The number of nitrogens with one attached hydrogen (secondary N) is 1. The SMILES string of the molecule is COc1cccc(C(NC(=O)OCc2ccccc2)(c2ccccc2)C(F)I)c1. The number of amides is 1. The van der Waals surface area contributed by atoms with Gasteiger partial charge in [-0.15, -0.1) is 0 Å². The van der Waals surface area contributed by atoms with E-state index in [2.05, 4.69) is 5.32 Å². The molecule has 0 aliphatic carbocycles. The van der Waals surface area contributed by atoms with Gasteiger partial charge in [0.15, 0.2) is 4.18 Å². The van der Waals surface area contributed by atoms with Crippen molar-refractivity contribution >= 4 is 28.7 Å². The van der Waals surface area contributed by atoms with Crippen molar-refractivity contribution in [3.63, 3.8) is 0 Å². The van der Waals surface area contributed by atoms with Crippen LogP contribution in [0.4, 0.5) is 9.18 Å². The minimum absolute atomic E-state index is 0.0911. The second-order valence-corrected chi connectivity index (χ2v) is 7.49. The molecule has 0 bridgehead atoms. The molecule has 0 radical (unpaired) electrons. The lowest BCUT2D eigenvalue weighted by atomic mass is 9.83. The molecule has 0 saturated carbocycles. The highest BCUT2D eigenvalue weighted by Gasteiger charge is 2.44. The van der Waals surface area contributed by atoms with Gasteiger partial charge in [-0.3, -0.25) is 0 Å². The van der Waals surface area contributed by atoms with Crippen molar-refractivity contribution in [2.24, 2.45) is 0 Å². The topological polar surface area (TPSA) is 47.6 Å². The number of methoxy groups -OCH3 is 1. The van der Waals surface area contributed by atoms with Crippen molar-refractivity contribution in [2.75, 3.05) is 7.11 Å². The Morgan fingerprint density at radius 3 is 2.24 bits per heavy atom. The average molecular weight is 505 g/mol. The molecule has 0 saturated heterocycles. The molecular formula is C23H21FINO3. The van der Waals surface area contributed by atoms with Crippen LogP contribution < -0.4 is 10.1 Å². The molecule has 6 heteroatoms. The van der Waals surface area contributed by atoms with Crippen LogP contribution in [-0.4, -0.2) is 17.4 Å². The molecular weight excluding hydrogens is 484 g/mol. The number of ether oxygens (including phenoxy) is 2. The second kappa shape index (κ2) is 9.73. The number of alkyl halides is 2. The summed E-state index contributed by atoms with van der Waals surface area (Å²) in [6.45, 7) is 0.0911. The van der Waals surface area contributed by atoms with Crippen LogP contribution in [0.25, 0.3) is 0 Å². The van der Waals surface area contributed by atoms with Crippen LogP contribution in [0.15, 0.2) is 84.9 Å². The van der Waals surface area contributed by atoms with Crippen LogP contribution in [-0.2, 0) is 16.9 Å². The van der Waals surface area contributed by atoms with Crippen LogP contribution in [0, 0.1) is 0 Å². The summed E-state index contributed by atoms with van der Waals surface area (Å²) in [5.41, 5.74) is 0.568. The zero-order valence-electron chi connectivity index (χ0n) is 15.8. The molecule has 2 atom stereocenters. The minimum atomic E-state index is -1.47. The Kier molecular flexibility index (Phi) is 7.09. The maximum absolute atomic E-state index is 15.2. The molecule has 0 aliphatic rings. The zero-order valence-corrected chi connectivity index (χ0v) is 18.0. The zero-order chi connectivity index (χ0) is 20.7. The van der Waals surface area contributed by atoms with Gasteiger partial charge < -0.3 is 14.8 Å². The van der Waals surface area contributed by atoms with E-state index >= 15 is 4.39 Å². The van der Waals surface area contributed by atoms with Gasteiger partial charge in [0.1, 0.15) is 17.9 Å². The fraction of sp³-hybridized carbons (Fsp3) is 0.174. The van der Waals surface area contributed by atoms with Gasteiger partial charge in [-0.25, -0.2) is 9.18 Å². The van der Waals surface area contributed by atoms with Crippen LogP contribution >= 0.6 is 22.6 Å². The van der Waals surface area contributed by atoms with Gasteiger partial charge in [0.05, 0.1) is 7.11 Å². The summed E-state index contributed by atoms with van der Waals surface area (Å²) in [5.74, 6) is 0.569. The molecule has 0 heterocycles. The number of halogens is 2. The summed E-state index contributed by atoms with van der Waals surface area (Å²) < 4.78 is 24.4. The standard InChI is InChI=1S/C23H21FINO3/c1-28-20-14-8-13-19(15-20)23(21(24)25,18-11-6-3-7-12-18)26-22(27)29-16-17-9-4-2-5-10-17/h2-15,21H,16H2,1H3,(H,26,27). The Morgan fingerprint density at radius 1 is 1.00 bits per heavy atom. The molecule has 0 spiro atoms. The highest BCUT2D eigenvalue weighted by Crippen LogP contribution is 2.39. The molecule has 29 heavy (non-hydrogen) atoms. The first-order valence-electron chi connectivity index (χ1n) is 9.03. The molecule has 3 rings (SSSR count). The van der Waals surface area contributed by atoms with Gasteiger partial charge >= 0.3 is 6.09 Å². The Labute approximate surface area is 183 Å². The summed E-state index contributed by atoms with van der Waals surface area (Å²) in [5, 5.41) is 2.78. The van der Waals surface area contributed by atoms with Gasteiger partial charge in [0, 0.05) is 0 Å². The monoisotopic (exact) mass is 505 g/mol. The predicted molar refractivity (Wildman–Crippen MR) is 119 cm³/mol. The van der Waals surface area contributed by atoms with Crippen molar-refractivity contribution in [3.8, 4) is 5.75 Å². The lowest BCUT2D eigenvalue weighted by Gasteiger charge is -2.36. The summed E-state index contributed by atoms with van der Waals surface area (Å²) >= 11 is 1.68. The number of alkyl carbamates (subject to hydrolysis) is 1. The van der Waals surface area contributed by atoms with Crippen LogP contribution in [0.3, 0.4) is 0 Å². The summed E-state index contributed by atoms with van der Waals surface area (Å²) in [7, 11) is 1.54. The number of hydrogen-bond acceptors (Lipinski definition) is 3. The van der Waals surface area contributed by atoms with Gasteiger partial charge in [0.2, 0.25) is 0 Å². The molecule has 150 valence electrons. The lowest BCUT2D eigenvalue weighted by Crippen LogP contribution is -2.51. The van der Waals surface area contributed by atoms with E-state index in [1.807, 2.05) is 36.4 Å². The normalized spacial score (nSPS) is 13.8. The number of hydrogen-bond donors (Lipinski definition) is 1. The first-order valence-corrected chi connectivity index (χ1v) is 10.3. The Hall–Kier alpha value is -2.61. The Morgan fingerprint density at radius 2 is 1.62 bits per heavy atom. The van der Waals surface area contributed by atoms with Crippen molar-refractivity contribution in [1.82, 2.24) is 5.32 Å². The lowest BCUT2D eigenvalue weighted by molar-refractivity contribution is 0.124. The van der Waals surface area contributed by atoms with Gasteiger partial charge in [-0.1, -0.05) is 72.8 Å². The first-order chi connectivity index (χ1) is 14.1. The molecule has 4 nitrogen and oxygen atoms in total. The highest BCUT2D eigenvalue weighted by atomic mass is 127. The maximum atomic E-state index is 15.2. The van der Waals surface area contributed by atoms with E-state index in [1.165, 1.54) is 0 Å².